The maximum Gasteiger partial charge on any atom is 0.287 e. The predicted molar refractivity (Wildman–Crippen MR) is 86.5 cm³/mol. The number of fused-ring (bicyclic) bond motifs is 1. The summed E-state index contributed by atoms with van der Waals surface area (Å²) in [6.07, 6.45) is 0.681. The summed E-state index contributed by atoms with van der Waals surface area (Å²) in [5.74, 6) is 0.756. The molecular formula is C17H17N3O4. The number of carbonyl (C=O) groups is 1. The molecule has 7 heteroatoms. The van der Waals surface area contributed by atoms with Crippen LogP contribution in [0, 0.1) is 5.92 Å². The van der Waals surface area contributed by atoms with Crippen LogP contribution >= 0.6 is 0 Å². The van der Waals surface area contributed by atoms with Gasteiger partial charge in [-0.05, 0) is 18.1 Å². The average molecular weight is 327 g/mol. The molecule has 0 aliphatic rings. The van der Waals surface area contributed by atoms with Gasteiger partial charge in [-0.25, -0.2) is 0 Å². The van der Waals surface area contributed by atoms with Crippen LogP contribution in [0.4, 0.5) is 0 Å². The van der Waals surface area contributed by atoms with Gasteiger partial charge in [-0.15, -0.1) is 0 Å². The van der Waals surface area contributed by atoms with Gasteiger partial charge in [0.05, 0.1) is 11.9 Å². The van der Waals surface area contributed by atoms with E-state index in [-0.39, 0.29) is 17.7 Å². The largest absolute Gasteiger partial charge is 0.451 e. The molecule has 0 atom stereocenters. The standard InChI is InChI=1S/C17H17N3O4/c1-10(2)7-16-19-15(20-24-16)9-18-17(22)14-8-12(21)11-5-3-4-6-13(11)23-14/h3-6,8,10H,7,9H2,1-2H3,(H,18,22). The minimum atomic E-state index is -0.506. The predicted octanol–water partition coefficient (Wildman–Crippen LogP) is 2.30. The second kappa shape index (κ2) is 6.66. The number of carbonyl (C=O) groups excluding carboxylic acids is 1. The second-order valence-corrected chi connectivity index (χ2v) is 5.86. The minimum Gasteiger partial charge on any atom is -0.451 e. The Bertz CT molecular complexity index is 927. The van der Waals surface area contributed by atoms with Gasteiger partial charge in [0, 0.05) is 12.5 Å². The molecule has 2 aromatic heterocycles. The number of benzene rings is 1. The smallest absolute Gasteiger partial charge is 0.287 e. The molecule has 0 saturated heterocycles. The van der Waals surface area contributed by atoms with Crippen LogP contribution in [0.15, 0.2) is 44.1 Å². The van der Waals surface area contributed by atoms with Crippen LogP contribution in [-0.4, -0.2) is 16.0 Å². The summed E-state index contributed by atoms with van der Waals surface area (Å²) in [6, 6.07) is 7.95. The number of rotatable bonds is 5. The zero-order chi connectivity index (χ0) is 17.1. The molecule has 0 radical (unpaired) electrons. The summed E-state index contributed by atoms with van der Waals surface area (Å²) in [5, 5.41) is 6.86. The van der Waals surface area contributed by atoms with E-state index in [1.807, 2.05) is 13.8 Å². The molecule has 1 N–H and O–H groups in total. The van der Waals surface area contributed by atoms with Crippen LogP contribution in [0.3, 0.4) is 0 Å². The van der Waals surface area contributed by atoms with Gasteiger partial charge in [0.25, 0.3) is 5.91 Å². The van der Waals surface area contributed by atoms with Crippen molar-refractivity contribution in [2.75, 3.05) is 0 Å². The van der Waals surface area contributed by atoms with E-state index in [9.17, 15) is 9.59 Å². The highest BCUT2D eigenvalue weighted by Gasteiger charge is 2.14. The van der Waals surface area contributed by atoms with Crippen LogP contribution in [0.5, 0.6) is 0 Å². The van der Waals surface area contributed by atoms with Crippen molar-refractivity contribution in [3.8, 4) is 0 Å². The SMILES string of the molecule is CC(C)Cc1nc(CNC(=O)c2cc(=O)c3ccccc3o2)no1. The maximum absolute atomic E-state index is 12.2. The maximum atomic E-state index is 12.2. The lowest BCUT2D eigenvalue weighted by molar-refractivity contribution is 0.0922. The van der Waals surface area contributed by atoms with Gasteiger partial charge < -0.3 is 14.3 Å². The molecule has 0 bridgehead atoms. The number of hydrogen-bond donors (Lipinski definition) is 1. The van der Waals surface area contributed by atoms with Gasteiger partial charge in [-0.3, -0.25) is 9.59 Å². The fourth-order valence-electron chi connectivity index (χ4n) is 2.26. The quantitative estimate of drug-likeness (QED) is 0.772. The van der Waals surface area contributed by atoms with E-state index in [1.165, 1.54) is 6.07 Å². The molecule has 1 amide bonds. The van der Waals surface area contributed by atoms with E-state index in [0.717, 1.165) is 0 Å². The molecule has 124 valence electrons. The van der Waals surface area contributed by atoms with Crippen LogP contribution in [0.25, 0.3) is 11.0 Å². The van der Waals surface area contributed by atoms with Crippen molar-refractivity contribution in [1.82, 2.24) is 15.5 Å². The number of para-hydroxylation sites is 1. The number of nitrogens with one attached hydrogen (secondary N) is 1. The van der Waals surface area contributed by atoms with Crippen LogP contribution in [0.2, 0.25) is 0 Å². The molecule has 3 rings (SSSR count). The van der Waals surface area contributed by atoms with Crippen LogP contribution < -0.4 is 10.7 Å². The summed E-state index contributed by atoms with van der Waals surface area (Å²) in [6.45, 7) is 4.19. The minimum absolute atomic E-state index is 0.0513. The van der Waals surface area contributed by atoms with Gasteiger partial charge >= 0.3 is 0 Å². The van der Waals surface area contributed by atoms with Crippen molar-refractivity contribution in [2.45, 2.75) is 26.8 Å². The summed E-state index contributed by atoms with van der Waals surface area (Å²) in [4.78, 5) is 28.4. The molecule has 0 aliphatic heterocycles. The van der Waals surface area contributed by atoms with Crippen LogP contribution in [-0.2, 0) is 13.0 Å². The fourth-order valence-corrected chi connectivity index (χ4v) is 2.26. The third kappa shape index (κ3) is 3.51. The van der Waals surface area contributed by atoms with Gasteiger partial charge in [0.15, 0.2) is 17.0 Å². The highest BCUT2D eigenvalue weighted by molar-refractivity contribution is 5.93. The lowest BCUT2D eigenvalue weighted by Crippen LogP contribution is -2.24. The molecule has 7 nitrogen and oxygen atoms in total. The van der Waals surface area contributed by atoms with Gasteiger partial charge in [0.2, 0.25) is 5.89 Å². The highest BCUT2D eigenvalue weighted by Crippen LogP contribution is 2.11. The topological polar surface area (TPSA) is 98.2 Å². The second-order valence-electron chi connectivity index (χ2n) is 5.86. The molecule has 0 spiro atoms. The summed E-state index contributed by atoms with van der Waals surface area (Å²) >= 11 is 0. The lowest BCUT2D eigenvalue weighted by Gasteiger charge is -2.03. The van der Waals surface area contributed by atoms with E-state index >= 15 is 0 Å². The van der Waals surface area contributed by atoms with E-state index in [0.29, 0.717) is 35.0 Å². The highest BCUT2D eigenvalue weighted by atomic mass is 16.5. The summed E-state index contributed by atoms with van der Waals surface area (Å²) in [7, 11) is 0. The first-order valence-corrected chi connectivity index (χ1v) is 7.65. The zero-order valence-electron chi connectivity index (χ0n) is 13.4. The Labute approximate surface area is 137 Å². The number of amides is 1. The molecular weight excluding hydrogens is 310 g/mol. The fraction of sp³-hybridized carbons (Fsp3) is 0.294. The Balaban J connectivity index is 1.71. The van der Waals surface area contributed by atoms with E-state index in [1.54, 1.807) is 24.3 Å². The number of hydrogen-bond acceptors (Lipinski definition) is 6. The average Bonchev–Trinajstić information content (AvgIpc) is 2.99. The summed E-state index contributed by atoms with van der Waals surface area (Å²) < 4.78 is 10.6. The van der Waals surface area contributed by atoms with Crippen molar-refractivity contribution >= 4 is 16.9 Å². The lowest BCUT2D eigenvalue weighted by atomic mass is 10.1. The van der Waals surface area contributed by atoms with Gasteiger partial charge in [-0.1, -0.05) is 31.1 Å². The molecule has 0 saturated carbocycles. The molecule has 0 unspecified atom stereocenters. The van der Waals surface area contributed by atoms with Crippen molar-refractivity contribution in [3.63, 3.8) is 0 Å². The van der Waals surface area contributed by atoms with Crippen molar-refractivity contribution in [1.29, 1.82) is 0 Å². The zero-order valence-corrected chi connectivity index (χ0v) is 13.4. The Hall–Kier alpha value is -2.96. The normalized spacial score (nSPS) is 11.1. The molecule has 0 aliphatic carbocycles. The van der Waals surface area contributed by atoms with E-state index in [4.69, 9.17) is 8.94 Å². The van der Waals surface area contributed by atoms with Gasteiger partial charge in [0.1, 0.15) is 5.58 Å². The molecule has 0 fully saturated rings. The molecule has 3 aromatic rings. The third-order valence-electron chi connectivity index (χ3n) is 3.36. The third-order valence-corrected chi connectivity index (χ3v) is 3.36. The first-order valence-electron chi connectivity index (χ1n) is 7.65. The number of nitrogens with zero attached hydrogens (tertiary/aromatic N) is 2. The first kappa shape index (κ1) is 15.9. The Kier molecular flexibility index (Phi) is 4.41. The van der Waals surface area contributed by atoms with Crippen LogP contribution in [0.1, 0.15) is 36.1 Å². The molecule has 24 heavy (non-hydrogen) atoms. The van der Waals surface area contributed by atoms with Crippen molar-refractivity contribution in [3.05, 3.63) is 58.0 Å². The Morgan fingerprint density at radius 3 is 2.88 bits per heavy atom. The Morgan fingerprint density at radius 2 is 2.08 bits per heavy atom. The molecule has 1 aromatic carbocycles. The Morgan fingerprint density at radius 1 is 1.29 bits per heavy atom. The van der Waals surface area contributed by atoms with Gasteiger partial charge in [-0.2, -0.15) is 4.98 Å². The molecule has 2 heterocycles. The van der Waals surface area contributed by atoms with Crippen molar-refractivity contribution < 1.29 is 13.7 Å². The van der Waals surface area contributed by atoms with E-state index < -0.39 is 5.91 Å². The van der Waals surface area contributed by atoms with E-state index in [2.05, 4.69) is 15.5 Å². The number of aromatic nitrogens is 2. The summed E-state index contributed by atoms with van der Waals surface area (Å²) in [5.41, 5.74) is 0.106. The monoisotopic (exact) mass is 327 g/mol. The first-order chi connectivity index (χ1) is 11.5. The van der Waals surface area contributed by atoms with Crippen molar-refractivity contribution in [2.24, 2.45) is 5.92 Å².